The molecule has 1 heterocycles. The summed E-state index contributed by atoms with van der Waals surface area (Å²) in [5, 5.41) is 2.86. The maximum atomic E-state index is 12.9. The summed E-state index contributed by atoms with van der Waals surface area (Å²) >= 11 is 0. The van der Waals surface area contributed by atoms with Crippen LogP contribution < -0.4 is 5.32 Å². The molecule has 5 nitrogen and oxygen atoms in total. The van der Waals surface area contributed by atoms with Crippen molar-refractivity contribution in [3.8, 4) is 0 Å². The van der Waals surface area contributed by atoms with Crippen molar-refractivity contribution in [1.82, 2.24) is 10.2 Å². The van der Waals surface area contributed by atoms with Gasteiger partial charge in [0.25, 0.3) is 11.8 Å². The minimum atomic E-state index is -0.155. The Morgan fingerprint density at radius 3 is 2.48 bits per heavy atom. The van der Waals surface area contributed by atoms with E-state index in [4.69, 9.17) is 4.74 Å². The summed E-state index contributed by atoms with van der Waals surface area (Å²) in [7, 11) is 1.64. The summed E-state index contributed by atoms with van der Waals surface area (Å²) in [6, 6.07) is 17.5. The van der Waals surface area contributed by atoms with Gasteiger partial charge in [0.2, 0.25) is 0 Å². The Hall–Kier alpha value is -2.66. The molecule has 0 spiro atoms. The fourth-order valence-corrected chi connectivity index (χ4v) is 3.78. The molecule has 1 fully saturated rings. The highest BCUT2D eigenvalue weighted by molar-refractivity contribution is 5.99. The predicted molar refractivity (Wildman–Crippen MR) is 114 cm³/mol. The normalized spacial score (nSPS) is 14.6. The topological polar surface area (TPSA) is 58.6 Å². The van der Waals surface area contributed by atoms with Gasteiger partial charge in [-0.2, -0.15) is 0 Å². The van der Waals surface area contributed by atoms with E-state index in [-0.39, 0.29) is 11.8 Å². The first kappa shape index (κ1) is 21.1. The number of carbonyl (C=O) groups excluding carboxylic acids is 2. The van der Waals surface area contributed by atoms with Crippen LogP contribution in [0.4, 0.5) is 0 Å². The minimum absolute atomic E-state index is 0.0113. The molecule has 1 saturated heterocycles. The van der Waals surface area contributed by atoms with E-state index in [9.17, 15) is 9.59 Å². The Morgan fingerprint density at radius 1 is 1.03 bits per heavy atom. The fraction of sp³-hybridized carbons (Fsp3) is 0.417. The van der Waals surface area contributed by atoms with Crippen molar-refractivity contribution < 1.29 is 14.3 Å². The van der Waals surface area contributed by atoms with Crippen molar-refractivity contribution in [3.63, 3.8) is 0 Å². The Balaban J connectivity index is 1.52. The van der Waals surface area contributed by atoms with Crippen molar-refractivity contribution in [2.75, 3.05) is 33.4 Å². The lowest BCUT2D eigenvalue weighted by molar-refractivity contribution is 0.0690. The number of methoxy groups -OCH3 is 1. The van der Waals surface area contributed by atoms with E-state index in [0.717, 1.165) is 38.8 Å². The zero-order chi connectivity index (χ0) is 20.5. The van der Waals surface area contributed by atoms with Gasteiger partial charge in [0.1, 0.15) is 0 Å². The molecule has 2 aromatic rings. The van der Waals surface area contributed by atoms with Gasteiger partial charge in [-0.15, -0.1) is 0 Å². The molecule has 0 aromatic heterocycles. The number of carbonyl (C=O) groups is 2. The van der Waals surface area contributed by atoms with Gasteiger partial charge >= 0.3 is 0 Å². The van der Waals surface area contributed by atoms with Crippen LogP contribution in [0.3, 0.4) is 0 Å². The fourth-order valence-electron chi connectivity index (χ4n) is 3.78. The number of hydrogen-bond donors (Lipinski definition) is 1. The van der Waals surface area contributed by atoms with Gasteiger partial charge in [-0.1, -0.05) is 36.4 Å². The molecule has 0 radical (unpaired) electrons. The van der Waals surface area contributed by atoms with E-state index < -0.39 is 0 Å². The van der Waals surface area contributed by atoms with Crippen molar-refractivity contribution in [2.45, 2.75) is 25.7 Å². The van der Waals surface area contributed by atoms with Gasteiger partial charge in [0.05, 0.1) is 0 Å². The Kier molecular flexibility index (Phi) is 7.82. The number of piperidine rings is 1. The molecular weight excluding hydrogens is 364 g/mol. The summed E-state index contributed by atoms with van der Waals surface area (Å²) < 4.78 is 4.99. The predicted octanol–water partition coefficient (Wildman–Crippen LogP) is 3.55. The van der Waals surface area contributed by atoms with Gasteiger partial charge in [-0.3, -0.25) is 9.59 Å². The van der Waals surface area contributed by atoms with E-state index in [2.05, 4.69) is 29.6 Å². The molecule has 0 saturated carbocycles. The molecule has 2 aromatic carbocycles. The molecule has 154 valence electrons. The van der Waals surface area contributed by atoms with Crippen LogP contribution in [0, 0.1) is 5.92 Å². The number of nitrogens with zero attached hydrogens (tertiary/aromatic N) is 1. The molecule has 0 bridgehead atoms. The number of likely N-dealkylation sites (tertiary alicyclic amines) is 1. The van der Waals surface area contributed by atoms with Gasteiger partial charge < -0.3 is 15.0 Å². The van der Waals surface area contributed by atoms with Gasteiger partial charge in [-0.25, -0.2) is 0 Å². The molecule has 3 rings (SSSR count). The molecule has 1 aliphatic heterocycles. The molecule has 0 aliphatic carbocycles. The highest BCUT2D eigenvalue weighted by atomic mass is 16.5. The SMILES string of the molecule is COCCCNC(=O)c1cccc(C(=O)N2CCC(Cc3ccccc3)CC2)c1. The zero-order valence-electron chi connectivity index (χ0n) is 17.1. The molecule has 5 heteroatoms. The lowest BCUT2D eigenvalue weighted by Gasteiger charge is -2.32. The molecule has 0 unspecified atom stereocenters. The summed E-state index contributed by atoms with van der Waals surface area (Å²) in [4.78, 5) is 27.1. The smallest absolute Gasteiger partial charge is 0.253 e. The van der Waals surface area contributed by atoms with E-state index >= 15 is 0 Å². The molecule has 0 atom stereocenters. The maximum Gasteiger partial charge on any atom is 0.253 e. The van der Waals surface area contributed by atoms with E-state index in [0.29, 0.717) is 30.2 Å². The number of benzene rings is 2. The Morgan fingerprint density at radius 2 is 1.76 bits per heavy atom. The van der Waals surface area contributed by atoms with Crippen LogP contribution in [-0.2, 0) is 11.2 Å². The second-order valence-corrected chi connectivity index (χ2v) is 7.61. The van der Waals surface area contributed by atoms with Crippen molar-refractivity contribution >= 4 is 11.8 Å². The van der Waals surface area contributed by atoms with E-state index in [1.807, 2.05) is 11.0 Å². The van der Waals surface area contributed by atoms with Crippen LogP contribution in [0.2, 0.25) is 0 Å². The average Bonchev–Trinajstić information content (AvgIpc) is 2.77. The maximum absolute atomic E-state index is 12.9. The number of amides is 2. The van der Waals surface area contributed by atoms with Crippen LogP contribution in [0.5, 0.6) is 0 Å². The Labute approximate surface area is 173 Å². The zero-order valence-corrected chi connectivity index (χ0v) is 17.1. The lowest BCUT2D eigenvalue weighted by Crippen LogP contribution is -2.39. The summed E-state index contributed by atoms with van der Waals surface area (Å²) in [5.74, 6) is 0.472. The van der Waals surface area contributed by atoms with Crippen molar-refractivity contribution in [3.05, 3.63) is 71.3 Å². The van der Waals surface area contributed by atoms with Crippen LogP contribution in [-0.4, -0.2) is 50.1 Å². The highest BCUT2D eigenvalue weighted by Gasteiger charge is 2.24. The van der Waals surface area contributed by atoms with Crippen molar-refractivity contribution in [1.29, 1.82) is 0 Å². The third-order valence-corrected chi connectivity index (χ3v) is 5.45. The van der Waals surface area contributed by atoms with E-state index in [1.165, 1.54) is 5.56 Å². The summed E-state index contributed by atoms with van der Waals surface area (Å²) in [6.45, 7) is 2.70. The number of hydrogen-bond acceptors (Lipinski definition) is 3. The lowest BCUT2D eigenvalue weighted by atomic mass is 9.90. The standard InChI is InChI=1S/C24H30N2O3/c1-29-16-6-13-25-23(27)21-9-5-10-22(18-21)24(28)26-14-11-20(12-15-26)17-19-7-3-2-4-8-19/h2-5,7-10,18,20H,6,11-17H2,1H3,(H,25,27). The van der Waals surface area contributed by atoms with Crippen LogP contribution in [0.25, 0.3) is 0 Å². The largest absolute Gasteiger partial charge is 0.385 e. The van der Waals surface area contributed by atoms with Gasteiger partial charge in [0.15, 0.2) is 0 Å². The van der Waals surface area contributed by atoms with Crippen LogP contribution >= 0.6 is 0 Å². The molecule has 29 heavy (non-hydrogen) atoms. The third-order valence-electron chi connectivity index (χ3n) is 5.45. The third kappa shape index (κ3) is 6.16. The first-order valence-electron chi connectivity index (χ1n) is 10.4. The Bertz CT molecular complexity index is 799. The average molecular weight is 395 g/mol. The van der Waals surface area contributed by atoms with Gasteiger partial charge in [0, 0.05) is 44.5 Å². The van der Waals surface area contributed by atoms with Crippen molar-refractivity contribution in [2.24, 2.45) is 5.92 Å². The quantitative estimate of drug-likeness (QED) is 0.697. The summed E-state index contributed by atoms with van der Waals surface area (Å²) in [5.41, 5.74) is 2.46. The van der Waals surface area contributed by atoms with Crippen LogP contribution in [0.15, 0.2) is 54.6 Å². The second-order valence-electron chi connectivity index (χ2n) is 7.61. The second kappa shape index (κ2) is 10.8. The first-order valence-corrected chi connectivity index (χ1v) is 10.4. The number of nitrogens with one attached hydrogen (secondary N) is 1. The highest BCUT2D eigenvalue weighted by Crippen LogP contribution is 2.23. The number of rotatable bonds is 8. The molecule has 1 N–H and O–H groups in total. The van der Waals surface area contributed by atoms with Gasteiger partial charge in [-0.05, 0) is 55.4 Å². The number of ether oxygens (including phenoxy) is 1. The monoisotopic (exact) mass is 394 g/mol. The molecular formula is C24H30N2O3. The van der Waals surface area contributed by atoms with Crippen LogP contribution in [0.1, 0.15) is 45.5 Å². The molecule has 2 amide bonds. The first-order chi connectivity index (χ1) is 14.2. The minimum Gasteiger partial charge on any atom is -0.385 e. The van der Waals surface area contributed by atoms with E-state index in [1.54, 1.807) is 31.4 Å². The molecule has 1 aliphatic rings. The summed E-state index contributed by atoms with van der Waals surface area (Å²) in [6.07, 6.45) is 3.86.